The summed E-state index contributed by atoms with van der Waals surface area (Å²) < 4.78 is 4.94. The molecular weight excluding hydrogens is 236 g/mol. The standard InChI is InChI=1S/C12H16N2O4/c1-12(2)11(17)13-4-5-14(12)7-8-3-6-18-9(8)10(15)16/h3,6H,4-5,7H2,1-2H3,(H,13,17)(H,15,16). The molecule has 0 atom stereocenters. The summed E-state index contributed by atoms with van der Waals surface area (Å²) in [6.07, 6.45) is 1.36. The summed E-state index contributed by atoms with van der Waals surface area (Å²) in [5.74, 6) is -1.19. The van der Waals surface area contributed by atoms with Gasteiger partial charge in [0.2, 0.25) is 11.7 Å². The van der Waals surface area contributed by atoms with Crippen molar-refractivity contribution in [3.63, 3.8) is 0 Å². The molecule has 6 nitrogen and oxygen atoms in total. The van der Waals surface area contributed by atoms with Gasteiger partial charge in [-0.15, -0.1) is 0 Å². The Morgan fingerprint density at radius 1 is 1.61 bits per heavy atom. The van der Waals surface area contributed by atoms with Crippen molar-refractivity contribution in [1.29, 1.82) is 0 Å². The van der Waals surface area contributed by atoms with Crippen LogP contribution in [0, 0.1) is 0 Å². The minimum atomic E-state index is -1.09. The number of amides is 1. The Hall–Kier alpha value is -1.82. The molecule has 0 aliphatic carbocycles. The van der Waals surface area contributed by atoms with E-state index < -0.39 is 11.5 Å². The zero-order valence-electron chi connectivity index (χ0n) is 10.4. The Kier molecular flexibility index (Phi) is 3.13. The second-order valence-electron chi connectivity index (χ2n) is 4.82. The van der Waals surface area contributed by atoms with Crippen LogP contribution in [0.15, 0.2) is 16.7 Å². The molecule has 0 aromatic carbocycles. The number of carbonyl (C=O) groups is 2. The molecule has 1 fully saturated rings. The van der Waals surface area contributed by atoms with Crippen LogP contribution in [0.1, 0.15) is 30.0 Å². The molecular formula is C12H16N2O4. The van der Waals surface area contributed by atoms with E-state index in [0.29, 0.717) is 25.2 Å². The average molecular weight is 252 g/mol. The van der Waals surface area contributed by atoms with Crippen molar-refractivity contribution in [2.75, 3.05) is 13.1 Å². The molecule has 6 heteroatoms. The highest BCUT2D eigenvalue weighted by atomic mass is 16.4. The molecule has 2 heterocycles. The van der Waals surface area contributed by atoms with Gasteiger partial charge in [0.1, 0.15) is 0 Å². The van der Waals surface area contributed by atoms with Gasteiger partial charge in [0, 0.05) is 25.2 Å². The number of furan rings is 1. The SMILES string of the molecule is CC1(C)C(=O)NCCN1Cc1ccoc1C(=O)O. The fourth-order valence-electron chi connectivity index (χ4n) is 2.07. The molecule has 0 bridgehead atoms. The normalized spacial score (nSPS) is 19.6. The van der Waals surface area contributed by atoms with Gasteiger partial charge in [-0.25, -0.2) is 4.79 Å². The molecule has 1 aliphatic heterocycles. The zero-order valence-corrected chi connectivity index (χ0v) is 10.4. The van der Waals surface area contributed by atoms with E-state index in [1.165, 1.54) is 6.26 Å². The first-order valence-corrected chi connectivity index (χ1v) is 5.76. The fraction of sp³-hybridized carbons (Fsp3) is 0.500. The van der Waals surface area contributed by atoms with E-state index in [2.05, 4.69) is 5.32 Å². The first-order valence-electron chi connectivity index (χ1n) is 5.76. The van der Waals surface area contributed by atoms with Gasteiger partial charge in [-0.3, -0.25) is 9.69 Å². The molecule has 1 amide bonds. The van der Waals surface area contributed by atoms with Crippen LogP contribution >= 0.6 is 0 Å². The minimum Gasteiger partial charge on any atom is -0.475 e. The lowest BCUT2D eigenvalue weighted by molar-refractivity contribution is -0.135. The number of rotatable bonds is 3. The number of nitrogens with zero attached hydrogens (tertiary/aromatic N) is 1. The molecule has 1 aliphatic rings. The number of carboxylic acid groups (broad SMARTS) is 1. The second kappa shape index (κ2) is 4.45. The van der Waals surface area contributed by atoms with Crippen molar-refractivity contribution < 1.29 is 19.1 Å². The molecule has 1 saturated heterocycles. The first-order chi connectivity index (χ1) is 8.43. The number of nitrogens with one attached hydrogen (secondary N) is 1. The van der Waals surface area contributed by atoms with E-state index in [4.69, 9.17) is 9.52 Å². The van der Waals surface area contributed by atoms with Crippen LogP contribution in [0.4, 0.5) is 0 Å². The number of piperazine rings is 1. The molecule has 0 saturated carbocycles. The van der Waals surface area contributed by atoms with Crippen LogP contribution in [0.25, 0.3) is 0 Å². The maximum absolute atomic E-state index is 11.8. The van der Waals surface area contributed by atoms with Crippen molar-refractivity contribution in [3.05, 3.63) is 23.7 Å². The third-order valence-electron chi connectivity index (χ3n) is 3.32. The lowest BCUT2D eigenvalue weighted by atomic mass is 9.98. The van der Waals surface area contributed by atoms with Crippen molar-refractivity contribution in [3.8, 4) is 0 Å². The summed E-state index contributed by atoms with van der Waals surface area (Å²) in [5.41, 5.74) is -0.0593. The van der Waals surface area contributed by atoms with Gasteiger partial charge in [0.25, 0.3) is 0 Å². The second-order valence-corrected chi connectivity index (χ2v) is 4.82. The fourth-order valence-corrected chi connectivity index (χ4v) is 2.07. The summed E-state index contributed by atoms with van der Waals surface area (Å²) >= 11 is 0. The highest BCUT2D eigenvalue weighted by Gasteiger charge is 2.38. The van der Waals surface area contributed by atoms with Crippen LogP contribution in [-0.2, 0) is 11.3 Å². The third kappa shape index (κ3) is 2.11. The topological polar surface area (TPSA) is 82.8 Å². The predicted molar refractivity (Wildman–Crippen MR) is 63.2 cm³/mol. The Morgan fingerprint density at radius 2 is 2.33 bits per heavy atom. The Labute approximate surface area is 105 Å². The number of hydrogen-bond donors (Lipinski definition) is 2. The summed E-state index contributed by atoms with van der Waals surface area (Å²) in [6, 6.07) is 1.63. The van der Waals surface area contributed by atoms with Crippen LogP contribution in [0.3, 0.4) is 0 Å². The maximum atomic E-state index is 11.8. The smallest absolute Gasteiger partial charge is 0.372 e. The Morgan fingerprint density at radius 3 is 3.00 bits per heavy atom. The van der Waals surface area contributed by atoms with Crippen LogP contribution < -0.4 is 5.32 Å². The van der Waals surface area contributed by atoms with Gasteiger partial charge < -0.3 is 14.8 Å². The van der Waals surface area contributed by atoms with Gasteiger partial charge in [-0.1, -0.05) is 0 Å². The summed E-state index contributed by atoms with van der Waals surface area (Å²) in [4.78, 5) is 24.7. The highest BCUT2D eigenvalue weighted by Crippen LogP contribution is 2.22. The zero-order chi connectivity index (χ0) is 13.3. The summed E-state index contributed by atoms with van der Waals surface area (Å²) in [7, 11) is 0. The number of carboxylic acids is 1. The van der Waals surface area contributed by atoms with E-state index >= 15 is 0 Å². The lowest BCUT2D eigenvalue weighted by Crippen LogP contribution is -2.61. The Balaban J connectivity index is 2.20. The summed E-state index contributed by atoms with van der Waals surface area (Å²) in [6.45, 7) is 5.29. The molecule has 1 aromatic heterocycles. The van der Waals surface area contributed by atoms with Gasteiger partial charge in [0.05, 0.1) is 11.8 Å². The molecule has 2 rings (SSSR count). The molecule has 0 unspecified atom stereocenters. The molecule has 0 spiro atoms. The van der Waals surface area contributed by atoms with E-state index in [-0.39, 0.29) is 11.7 Å². The average Bonchev–Trinajstić information content (AvgIpc) is 2.73. The minimum absolute atomic E-state index is 0.0471. The van der Waals surface area contributed by atoms with Crippen molar-refractivity contribution in [2.45, 2.75) is 25.9 Å². The van der Waals surface area contributed by atoms with E-state index in [9.17, 15) is 9.59 Å². The molecule has 1 aromatic rings. The largest absolute Gasteiger partial charge is 0.475 e. The van der Waals surface area contributed by atoms with Crippen LogP contribution in [0.5, 0.6) is 0 Å². The van der Waals surface area contributed by atoms with Crippen molar-refractivity contribution >= 4 is 11.9 Å². The number of carbonyl (C=O) groups excluding carboxylic acids is 1. The first kappa shape index (κ1) is 12.6. The molecule has 18 heavy (non-hydrogen) atoms. The van der Waals surface area contributed by atoms with E-state index in [1.54, 1.807) is 6.07 Å². The third-order valence-corrected chi connectivity index (χ3v) is 3.32. The van der Waals surface area contributed by atoms with Gasteiger partial charge >= 0.3 is 5.97 Å². The monoisotopic (exact) mass is 252 g/mol. The maximum Gasteiger partial charge on any atom is 0.372 e. The van der Waals surface area contributed by atoms with Crippen molar-refractivity contribution in [2.24, 2.45) is 0 Å². The van der Waals surface area contributed by atoms with Crippen molar-refractivity contribution in [1.82, 2.24) is 10.2 Å². The number of hydrogen-bond acceptors (Lipinski definition) is 4. The van der Waals surface area contributed by atoms with Crippen LogP contribution in [0.2, 0.25) is 0 Å². The van der Waals surface area contributed by atoms with E-state index in [1.807, 2.05) is 18.7 Å². The van der Waals surface area contributed by atoms with Crippen LogP contribution in [-0.4, -0.2) is 40.5 Å². The lowest BCUT2D eigenvalue weighted by Gasteiger charge is -2.41. The van der Waals surface area contributed by atoms with Gasteiger partial charge in [0.15, 0.2) is 0 Å². The quantitative estimate of drug-likeness (QED) is 0.827. The number of aromatic carboxylic acids is 1. The van der Waals surface area contributed by atoms with Gasteiger partial charge in [-0.2, -0.15) is 0 Å². The Bertz CT molecular complexity index is 478. The molecule has 0 radical (unpaired) electrons. The molecule has 2 N–H and O–H groups in total. The van der Waals surface area contributed by atoms with Gasteiger partial charge in [-0.05, 0) is 19.9 Å². The molecule has 98 valence electrons. The highest BCUT2D eigenvalue weighted by molar-refractivity contribution is 5.87. The van der Waals surface area contributed by atoms with E-state index in [0.717, 1.165) is 0 Å². The predicted octanol–water partition coefficient (Wildman–Crippen LogP) is 0.688. The summed E-state index contributed by atoms with van der Waals surface area (Å²) in [5, 5.41) is 11.8.